The van der Waals surface area contributed by atoms with Crippen LogP contribution in [0.2, 0.25) is 0 Å². The van der Waals surface area contributed by atoms with Crippen molar-refractivity contribution >= 4 is 26.0 Å². The molecule has 1 aliphatic rings. The van der Waals surface area contributed by atoms with Crippen molar-refractivity contribution < 1.29 is 13.5 Å². The van der Waals surface area contributed by atoms with Crippen LogP contribution in [0.25, 0.3) is 0 Å². The van der Waals surface area contributed by atoms with Gasteiger partial charge in [-0.3, -0.25) is 0 Å². The summed E-state index contributed by atoms with van der Waals surface area (Å²) in [6.45, 7) is 2.27. The molecule has 0 aromatic heterocycles. The molecule has 1 aliphatic heterocycles. The van der Waals surface area contributed by atoms with Crippen LogP contribution in [0, 0.1) is 6.92 Å². The number of aliphatic hydroxyl groups excluding tert-OH is 1. The Morgan fingerprint density at radius 3 is 2.83 bits per heavy atom. The van der Waals surface area contributed by atoms with Crippen LogP contribution < -0.4 is 0 Å². The normalized spacial score (nSPS) is 21.4. The zero-order chi connectivity index (χ0) is 13.3. The second-order valence-electron chi connectivity index (χ2n) is 4.53. The lowest BCUT2D eigenvalue weighted by molar-refractivity contribution is 0.213. The fourth-order valence-corrected chi connectivity index (χ4v) is 5.09. The molecular formula is C12H16BrNO3S. The number of hydrogen-bond acceptors (Lipinski definition) is 3. The van der Waals surface area contributed by atoms with E-state index in [1.165, 1.54) is 4.31 Å². The molecule has 1 aromatic carbocycles. The predicted molar refractivity (Wildman–Crippen MR) is 72.9 cm³/mol. The fourth-order valence-electron chi connectivity index (χ4n) is 2.25. The minimum absolute atomic E-state index is 0.122. The maximum absolute atomic E-state index is 12.5. The third-order valence-corrected chi connectivity index (χ3v) is 6.14. The molecule has 1 atom stereocenters. The Kier molecular flexibility index (Phi) is 4.11. The third kappa shape index (κ3) is 2.47. The van der Waals surface area contributed by atoms with Gasteiger partial charge in [-0.05, 0) is 53.4 Å². The number of rotatable bonds is 3. The lowest BCUT2D eigenvalue weighted by Crippen LogP contribution is -2.37. The molecule has 2 rings (SSSR count). The Balaban J connectivity index is 2.42. The Morgan fingerprint density at radius 2 is 2.22 bits per heavy atom. The molecule has 100 valence electrons. The van der Waals surface area contributed by atoms with Crippen molar-refractivity contribution in [3.63, 3.8) is 0 Å². The summed E-state index contributed by atoms with van der Waals surface area (Å²) in [5.74, 6) is 0. The molecule has 0 aliphatic carbocycles. The van der Waals surface area contributed by atoms with E-state index in [0.29, 0.717) is 11.0 Å². The number of sulfonamides is 1. The van der Waals surface area contributed by atoms with Gasteiger partial charge in [0.05, 0.1) is 11.5 Å². The third-order valence-electron chi connectivity index (χ3n) is 3.21. The van der Waals surface area contributed by atoms with E-state index in [1.54, 1.807) is 18.2 Å². The van der Waals surface area contributed by atoms with Gasteiger partial charge in [-0.25, -0.2) is 8.42 Å². The molecular weight excluding hydrogens is 318 g/mol. The van der Waals surface area contributed by atoms with Crippen molar-refractivity contribution in [3.8, 4) is 0 Å². The highest BCUT2D eigenvalue weighted by molar-refractivity contribution is 9.10. The van der Waals surface area contributed by atoms with E-state index < -0.39 is 10.0 Å². The second-order valence-corrected chi connectivity index (χ2v) is 7.24. The highest BCUT2D eigenvalue weighted by Crippen LogP contribution is 2.30. The minimum atomic E-state index is -3.52. The van der Waals surface area contributed by atoms with Gasteiger partial charge >= 0.3 is 0 Å². The number of benzene rings is 1. The summed E-state index contributed by atoms with van der Waals surface area (Å²) in [5.41, 5.74) is 1.00. The Morgan fingerprint density at radius 1 is 1.50 bits per heavy atom. The Labute approximate surface area is 116 Å². The summed E-state index contributed by atoms with van der Waals surface area (Å²) in [5, 5.41) is 9.24. The molecule has 4 nitrogen and oxygen atoms in total. The standard InChI is InChI=1S/C12H16BrNO3S/c1-9-4-5-12(11(13)7-9)18(16,17)14-6-2-3-10(14)8-15/h4-5,7,10,15H,2-3,6,8H2,1H3. The highest BCUT2D eigenvalue weighted by atomic mass is 79.9. The van der Waals surface area contributed by atoms with Gasteiger partial charge in [-0.1, -0.05) is 6.07 Å². The second kappa shape index (κ2) is 5.28. The maximum atomic E-state index is 12.5. The summed E-state index contributed by atoms with van der Waals surface area (Å²) in [7, 11) is -3.52. The van der Waals surface area contributed by atoms with Gasteiger partial charge in [0.15, 0.2) is 0 Å². The zero-order valence-electron chi connectivity index (χ0n) is 10.1. The molecule has 0 bridgehead atoms. The molecule has 1 N–H and O–H groups in total. The van der Waals surface area contributed by atoms with E-state index in [0.717, 1.165) is 18.4 Å². The first-order chi connectivity index (χ1) is 8.46. The van der Waals surface area contributed by atoms with Crippen LogP contribution in [0.5, 0.6) is 0 Å². The fraction of sp³-hybridized carbons (Fsp3) is 0.500. The molecule has 1 aromatic rings. The van der Waals surface area contributed by atoms with Crippen LogP contribution >= 0.6 is 15.9 Å². The summed E-state index contributed by atoms with van der Waals surface area (Å²) in [6, 6.07) is 4.89. The van der Waals surface area contributed by atoms with Crippen LogP contribution in [0.4, 0.5) is 0 Å². The average molecular weight is 334 g/mol. The van der Waals surface area contributed by atoms with E-state index in [2.05, 4.69) is 15.9 Å². The van der Waals surface area contributed by atoms with Crippen molar-refractivity contribution in [2.45, 2.75) is 30.7 Å². The number of aryl methyl sites for hydroxylation is 1. The lowest BCUT2D eigenvalue weighted by Gasteiger charge is -2.23. The average Bonchev–Trinajstić information content (AvgIpc) is 2.76. The van der Waals surface area contributed by atoms with E-state index in [4.69, 9.17) is 0 Å². The number of nitrogens with zero attached hydrogens (tertiary/aromatic N) is 1. The first kappa shape index (κ1) is 14.0. The summed E-state index contributed by atoms with van der Waals surface area (Å²) in [4.78, 5) is 0.272. The Bertz CT molecular complexity index is 544. The van der Waals surface area contributed by atoms with Crippen LogP contribution in [0.15, 0.2) is 27.6 Å². The first-order valence-corrected chi connectivity index (χ1v) is 8.09. The molecule has 1 saturated heterocycles. The largest absolute Gasteiger partial charge is 0.395 e. The molecule has 1 heterocycles. The quantitative estimate of drug-likeness (QED) is 0.919. The van der Waals surface area contributed by atoms with Gasteiger partial charge < -0.3 is 5.11 Å². The van der Waals surface area contributed by atoms with Crippen molar-refractivity contribution in [3.05, 3.63) is 28.2 Å². The van der Waals surface area contributed by atoms with E-state index in [9.17, 15) is 13.5 Å². The predicted octanol–water partition coefficient (Wildman–Crippen LogP) is 1.90. The number of hydrogen-bond donors (Lipinski definition) is 1. The molecule has 1 unspecified atom stereocenters. The van der Waals surface area contributed by atoms with Crippen LogP contribution in [0.1, 0.15) is 18.4 Å². The van der Waals surface area contributed by atoms with Gasteiger partial charge in [-0.2, -0.15) is 4.31 Å². The van der Waals surface area contributed by atoms with Gasteiger partial charge in [0.1, 0.15) is 0 Å². The summed E-state index contributed by atoms with van der Waals surface area (Å²) >= 11 is 3.30. The SMILES string of the molecule is Cc1ccc(S(=O)(=O)N2CCCC2CO)c(Br)c1. The van der Waals surface area contributed by atoms with Crippen molar-refractivity contribution in [1.82, 2.24) is 4.31 Å². The number of aliphatic hydroxyl groups is 1. The molecule has 0 amide bonds. The molecule has 0 radical (unpaired) electrons. The van der Waals surface area contributed by atoms with Gasteiger partial charge in [0.25, 0.3) is 0 Å². The van der Waals surface area contributed by atoms with Gasteiger partial charge in [-0.15, -0.1) is 0 Å². The topological polar surface area (TPSA) is 57.6 Å². The van der Waals surface area contributed by atoms with Crippen LogP contribution in [-0.4, -0.2) is 37.0 Å². The molecule has 0 saturated carbocycles. The smallest absolute Gasteiger partial charge is 0.244 e. The monoisotopic (exact) mass is 333 g/mol. The summed E-state index contributed by atoms with van der Waals surface area (Å²) in [6.07, 6.45) is 1.52. The maximum Gasteiger partial charge on any atom is 0.244 e. The van der Waals surface area contributed by atoms with Crippen LogP contribution in [0.3, 0.4) is 0 Å². The van der Waals surface area contributed by atoms with E-state index in [1.807, 2.05) is 6.92 Å². The number of halogens is 1. The van der Waals surface area contributed by atoms with Crippen LogP contribution in [-0.2, 0) is 10.0 Å². The molecule has 6 heteroatoms. The first-order valence-electron chi connectivity index (χ1n) is 5.85. The molecule has 1 fully saturated rings. The van der Waals surface area contributed by atoms with E-state index in [-0.39, 0.29) is 17.5 Å². The Hall–Kier alpha value is -0.430. The highest BCUT2D eigenvalue weighted by Gasteiger charge is 2.35. The van der Waals surface area contributed by atoms with Crippen molar-refractivity contribution in [2.75, 3.05) is 13.2 Å². The van der Waals surface area contributed by atoms with Gasteiger partial charge in [0, 0.05) is 17.1 Å². The zero-order valence-corrected chi connectivity index (χ0v) is 12.5. The lowest BCUT2D eigenvalue weighted by atomic mass is 10.2. The van der Waals surface area contributed by atoms with Crippen molar-refractivity contribution in [2.24, 2.45) is 0 Å². The van der Waals surface area contributed by atoms with Gasteiger partial charge in [0.2, 0.25) is 10.0 Å². The minimum Gasteiger partial charge on any atom is -0.395 e. The summed E-state index contributed by atoms with van der Waals surface area (Å²) < 4.78 is 27.0. The van der Waals surface area contributed by atoms with Crippen molar-refractivity contribution in [1.29, 1.82) is 0 Å². The van der Waals surface area contributed by atoms with E-state index >= 15 is 0 Å². The molecule has 18 heavy (non-hydrogen) atoms. The molecule has 0 spiro atoms.